The molecule has 0 spiro atoms. The number of hydrogen-bond acceptors (Lipinski definition) is 6. The van der Waals surface area contributed by atoms with E-state index in [0.717, 1.165) is 20.8 Å². The van der Waals surface area contributed by atoms with Crippen LogP contribution >= 0.6 is 23.1 Å². The largest absolute Gasteiger partial charge is 0.353 e. The first-order valence-corrected chi connectivity index (χ1v) is 5.94. The van der Waals surface area contributed by atoms with Crippen molar-refractivity contribution in [2.24, 2.45) is 5.73 Å². The number of nitrogens with zero attached hydrogens (tertiary/aromatic N) is 3. The number of hydrogen-bond donors (Lipinski definition) is 1. The van der Waals surface area contributed by atoms with Gasteiger partial charge in [-0.1, -0.05) is 35.3 Å². The van der Waals surface area contributed by atoms with Gasteiger partial charge >= 0.3 is 0 Å². The van der Waals surface area contributed by atoms with Gasteiger partial charge in [0.1, 0.15) is 0 Å². The van der Waals surface area contributed by atoms with Crippen molar-refractivity contribution in [2.45, 2.75) is 4.34 Å². The molecule has 0 unspecified atom stereocenters. The van der Waals surface area contributed by atoms with Crippen molar-refractivity contribution in [1.82, 2.24) is 10.2 Å². The first-order valence-electron chi connectivity index (χ1n) is 4.14. The summed E-state index contributed by atoms with van der Waals surface area (Å²) in [6.07, 6.45) is 0. The Balaban J connectivity index is 2.48. The molecule has 1 heterocycles. The Morgan fingerprint density at radius 1 is 1.57 bits per heavy atom. The minimum absolute atomic E-state index is 0.534. The van der Waals surface area contributed by atoms with E-state index in [0.29, 0.717) is 6.54 Å². The summed E-state index contributed by atoms with van der Waals surface area (Å²) >= 11 is 3.21. The summed E-state index contributed by atoms with van der Waals surface area (Å²) in [6, 6.07) is 0. The van der Waals surface area contributed by atoms with Gasteiger partial charge in [-0.3, -0.25) is 0 Å². The van der Waals surface area contributed by atoms with Crippen LogP contribution < -0.4 is 10.6 Å². The minimum atomic E-state index is 0.534. The third kappa shape index (κ3) is 3.28. The summed E-state index contributed by atoms with van der Waals surface area (Å²) < 4.78 is 0.961. The van der Waals surface area contributed by atoms with Crippen LogP contribution in [0.5, 0.6) is 0 Å². The third-order valence-corrected chi connectivity index (χ3v) is 3.84. The average Bonchev–Trinajstić information content (AvgIpc) is 2.62. The zero-order valence-corrected chi connectivity index (χ0v) is 9.99. The highest BCUT2D eigenvalue weighted by Gasteiger charge is 2.05. The van der Waals surface area contributed by atoms with Crippen molar-refractivity contribution in [1.29, 1.82) is 0 Å². The topological polar surface area (TPSA) is 55.0 Å². The molecule has 0 aliphatic carbocycles. The Morgan fingerprint density at radius 3 is 2.79 bits per heavy atom. The number of aromatic nitrogens is 2. The van der Waals surface area contributed by atoms with E-state index < -0.39 is 0 Å². The standard InChI is InChI=1S/C8H14N4S2/c1-6(4-9)5-13-8-11-10-7(14-8)12(2)3/h1,4-5,9H2,2-3H3. The lowest BCUT2D eigenvalue weighted by Gasteiger charge is -2.03. The van der Waals surface area contributed by atoms with Crippen LogP contribution in [0.25, 0.3) is 0 Å². The van der Waals surface area contributed by atoms with Gasteiger partial charge < -0.3 is 10.6 Å². The molecule has 0 amide bonds. The zero-order valence-electron chi connectivity index (χ0n) is 8.36. The lowest BCUT2D eigenvalue weighted by atomic mass is 10.4. The van der Waals surface area contributed by atoms with Crippen molar-refractivity contribution >= 4 is 28.2 Å². The maximum Gasteiger partial charge on any atom is 0.208 e. The van der Waals surface area contributed by atoms with Crippen LogP contribution in [-0.4, -0.2) is 36.6 Å². The van der Waals surface area contributed by atoms with Crippen LogP contribution in [0, 0.1) is 0 Å². The highest BCUT2D eigenvalue weighted by molar-refractivity contribution is 8.01. The summed E-state index contributed by atoms with van der Waals surface area (Å²) in [4.78, 5) is 1.94. The molecule has 1 aromatic heterocycles. The molecule has 0 atom stereocenters. The van der Waals surface area contributed by atoms with E-state index in [1.165, 1.54) is 0 Å². The maximum atomic E-state index is 5.44. The molecule has 78 valence electrons. The van der Waals surface area contributed by atoms with E-state index in [9.17, 15) is 0 Å². The van der Waals surface area contributed by atoms with Gasteiger partial charge in [-0.05, 0) is 0 Å². The Hall–Kier alpha value is -0.590. The summed E-state index contributed by atoms with van der Waals surface area (Å²) in [6.45, 7) is 4.36. The van der Waals surface area contributed by atoms with Gasteiger partial charge in [-0.25, -0.2) is 0 Å². The molecule has 0 aromatic carbocycles. The molecule has 2 N–H and O–H groups in total. The molecule has 6 heteroatoms. The highest BCUT2D eigenvalue weighted by Crippen LogP contribution is 2.27. The molecule has 1 aromatic rings. The van der Waals surface area contributed by atoms with Crippen molar-refractivity contribution in [3.63, 3.8) is 0 Å². The zero-order chi connectivity index (χ0) is 10.6. The molecule has 4 nitrogen and oxygen atoms in total. The predicted octanol–water partition coefficient (Wildman–Crippen LogP) is 1.21. The smallest absolute Gasteiger partial charge is 0.208 e. The van der Waals surface area contributed by atoms with Gasteiger partial charge in [0.05, 0.1) is 0 Å². The Labute approximate surface area is 92.2 Å². The van der Waals surface area contributed by atoms with E-state index in [4.69, 9.17) is 5.73 Å². The molecule has 0 aliphatic heterocycles. The SMILES string of the molecule is C=C(CN)CSc1nnc(N(C)C)s1. The molecule has 14 heavy (non-hydrogen) atoms. The first kappa shape index (κ1) is 11.5. The van der Waals surface area contributed by atoms with Gasteiger partial charge in [0.2, 0.25) is 5.13 Å². The highest BCUT2D eigenvalue weighted by atomic mass is 32.2. The van der Waals surface area contributed by atoms with Gasteiger partial charge in [0.15, 0.2) is 4.34 Å². The second kappa shape index (κ2) is 5.33. The van der Waals surface area contributed by atoms with Crippen molar-refractivity contribution in [2.75, 3.05) is 31.3 Å². The molecule has 0 bridgehead atoms. The van der Waals surface area contributed by atoms with Crippen LogP contribution in [0.3, 0.4) is 0 Å². The molecule has 0 saturated carbocycles. The summed E-state index contributed by atoms with van der Waals surface area (Å²) in [7, 11) is 3.90. The Morgan fingerprint density at radius 2 is 2.29 bits per heavy atom. The fourth-order valence-electron chi connectivity index (χ4n) is 0.664. The normalized spacial score (nSPS) is 10.2. The van der Waals surface area contributed by atoms with Gasteiger partial charge in [-0.2, -0.15) is 0 Å². The van der Waals surface area contributed by atoms with Crippen LogP contribution in [0.2, 0.25) is 0 Å². The number of anilines is 1. The fourth-order valence-corrected chi connectivity index (χ4v) is 2.35. The van der Waals surface area contributed by atoms with Gasteiger partial charge in [0, 0.05) is 26.4 Å². The fraction of sp³-hybridized carbons (Fsp3) is 0.500. The molecule has 0 radical (unpaired) electrons. The van der Waals surface area contributed by atoms with Gasteiger partial charge in [-0.15, -0.1) is 10.2 Å². The molecule has 0 fully saturated rings. The second-order valence-electron chi connectivity index (χ2n) is 2.99. The minimum Gasteiger partial charge on any atom is -0.353 e. The Bertz CT molecular complexity index is 308. The number of rotatable bonds is 5. The monoisotopic (exact) mass is 230 g/mol. The second-order valence-corrected chi connectivity index (χ2v) is 5.17. The van der Waals surface area contributed by atoms with Crippen LogP contribution in [0.1, 0.15) is 0 Å². The van der Waals surface area contributed by atoms with Crippen LogP contribution in [0.15, 0.2) is 16.5 Å². The third-order valence-electron chi connectivity index (χ3n) is 1.47. The van der Waals surface area contributed by atoms with E-state index in [1.54, 1.807) is 23.1 Å². The average molecular weight is 230 g/mol. The molecular weight excluding hydrogens is 216 g/mol. The van der Waals surface area contributed by atoms with Crippen molar-refractivity contribution < 1.29 is 0 Å². The summed E-state index contributed by atoms with van der Waals surface area (Å²) in [5.74, 6) is 0.818. The van der Waals surface area contributed by atoms with Gasteiger partial charge in [0.25, 0.3) is 0 Å². The molecule has 0 aliphatic rings. The first-order chi connectivity index (χ1) is 6.63. The summed E-state index contributed by atoms with van der Waals surface area (Å²) in [5, 5.41) is 9.01. The maximum absolute atomic E-state index is 5.44. The quantitative estimate of drug-likeness (QED) is 0.608. The van der Waals surface area contributed by atoms with E-state index in [-0.39, 0.29) is 0 Å². The lowest BCUT2D eigenvalue weighted by Crippen LogP contribution is -2.07. The van der Waals surface area contributed by atoms with E-state index in [2.05, 4.69) is 16.8 Å². The molecule has 1 rings (SSSR count). The van der Waals surface area contributed by atoms with E-state index >= 15 is 0 Å². The predicted molar refractivity (Wildman–Crippen MR) is 63.2 cm³/mol. The van der Waals surface area contributed by atoms with Crippen molar-refractivity contribution in [3.05, 3.63) is 12.2 Å². The van der Waals surface area contributed by atoms with Crippen molar-refractivity contribution in [3.8, 4) is 0 Å². The van der Waals surface area contributed by atoms with Crippen LogP contribution in [0.4, 0.5) is 5.13 Å². The molecular formula is C8H14N4S2. The number of nitrogens with two attached hydrogens (primary N) is 1. The Kier molecular flexibility index (Phi) is 4.37. The lowest BCUT2D eigenvalue weighted by molar-refractivity contribution is 0.973. The van der Waals surface area contributed by atoms with Crippen LogP contribution in [-0.2, 0) is 0 Å². The number of thioether (sulfide) groups is 1. The molecule has 0 saturated heterocycles. The van der Waals surface area contributed by atoms with E-state index in [1.807, 2.05) is 19.0 Å². The summed E-state index contributed by atoms with van der Waals surface area (Å²) in [5.41, 5.74) is 6.46.